The number of thioether (sulfide) groups is 1. The fourth-order valence-electron chi connectivity index (χ4n) is 2.66. The molecule has 3 rings (SSSR count). The van der Waals surface area contributed by atoms with Crippen LogP contribution in [-0.2, 0) is 11.2 Å². The van der Waals surface area contributed by atoms with Gasteiger partial charge in [0.2, 0.25) is 5.91 Å². The lowest BCUT2D eigenvalue weighted by Crippen LogP contribution is -2.30. The van der Waals surface area contributed by atoms with Crippen LogP contribution in [0.4, 0.5) is 0 Å². The molecule has 3 heteroatoms. The van der Waals surface area contributed by atoms with E-state index in [0.717, 1.165) is 18.6 Å². The van der Waals surface area contributed by atoms with Crippen molar-refractivity contribution in [2.75, 3.05) is 5.75 Å². The molecule has 2 aromatic rings. The van der Waals surface area contributed by atoms with Crippen molar-refractivity contribution in [2.45, 2.75) is 30.2 Å². The Hall–Kier alpha value is -1.74. The second-order valence-electron chi connectivity index (χ2n) is 5.28. The SMILES string of the molecule is O=C(CCc1ccccc1)N[C@@H]1CCSc2ccccc21. The highest BCUT2D eigenvalue weighted by atomic mass is 32.2. The normalized spacial score (nSPS) is 17.0. The molecule has 1 aliphatic rings. The van der Waals surface area contributed by atoms with Crippen LogP contribution in [0.15, 0.2) is 59.5 Å². The molecule has 1 atom stereocenters. The van der Waals surface area contributed by atoms with Gasteiger partial charge in [0, 0.05) is 17.1 Å². The Kier molecular flexibility index (Phi) is 4.61. The fourth-order valence-corrected chi connectivity index (χ4v) is 3.79. The maximum atomic E-state index is 12.2. The van der Waals surface area contributed by atoms with Gasteiger partial charge in [-0.1, -0.05) is 48.5 Å². The minimum Gasteiger partial charge on any atom is -0.349 e. The summed E-state index contributed by atoms with van der Waals surface area (Å²) in [6, 6.07) is 18.7. The van der Waals surface area contributed by atoms with Crippen LogP contribution in [0.3, 0.4) is 0 Å². The van der Waals surface area contributed by atoms with E-state index in [1.807, 2.05) is 36.0 Å². The monoisotopic (exact) mass is 297 g/mol. The first-order valence-electron chi connectivity index (χ1n) is 7.38. The number of rotatable bonds is 4. The zero-order valence-corrected chi connectivity index (χ0v) is 12.7. The highest BCUT2D eigenvalue weighted by Gasteiger charge is 2.21. The zero-order chi connectivity index (χ0) is 14.5. The molecule has 21 heavy (non-hydrogen) atoms. The Morgan fingerprint density at radius 3 is 2.71 bits per heavy atom. The molecule has 0 bridgehead atoms. The van der Waals surface area contributed by atoms with Crippen molar-refractivity contribution in [1.82, 2.24) is 5.32 Å². The van der Waals surface area contributed by atoms with Gasteiger partial charge in [-0.2, -0.15) is 0 Å². The van der Waals surface area contributed by atoms with E-state index in [1.54, 1.807) is 0 Å². The van der Waals surface area contributed by atoms with E-state index < -0.39 is 0 Å². The quantitative estimate of drug-likeness (QED) is 0.925. The first-order chi connectivity index (χ1) is 10.3. The summed E-state index contributed by atoms with van der Waals surface area (Å²) < 4.78 is 0. The summed E-state index contributed by atoms with van der Waals surface area (Å²) in [6.07, 6.45) is 2.37. The second kappa shape index (κ2) is 6.81. The molecule has 1 amide bonds. The van der Waals surface area contributed by atoms with Gasteiger partial charge < -0.3 is 5.32 Å². The topological polar surface area (TPSA) is 29.1 Å². The van der Waals surface area contributed by atoms with Crippen molar-refractivity contribution >= 4 is 17.7 Å². The molecule has 1 aliphatic heterocycles. The molecule has 0 aromatic heterocycles. The van der Waals surface area contributed by atoms with E-state index in [4.69, 9.17) is 0 Å². The molecule has 1 N–H and O–H groups in total. The van der Waals surface area contributed by atoms with Crippen LogP contribution in [0.25, 0.3) is 0 Å². The van der Waals surface area contributed by atoms with E-state index in [1.165, 1.54) is 16.0 Å². The number of amides is 1. The van der Waals surface area contributed by atoms with Crippen LogP contribution in [0.5, 0.6) is 0 Å². The Balaban J connectivity index is 1.58. The smallest absolute Gasteiger partial charge is 0.220 e. The van der Waals surface area contributed by atoms with E-state index in [-0.39, 0.29) is 11.9 Å². The van der Waals surface area contributed by atoms with E-state index in [2.05, 4.69) is 35.6 Å². The van der Waals surface area contributed by atoms with Gasteiger partial charge in [0.1, 0.15) is 0 Å². The summed E-state index contributed by atoms with van der Waals surface area (Å²) >= 11 is 1.88. The standard InChI is InChI=1S/C18H19NOS/c20-18(11-10-14-6-2-1-3-7-14)19-16-12-13-21-17-9-5-4-8-15(16)17/h1-9,16H,10-13H2,(H,19,20)/t16-/m1/s1. The maximum Gasteiger partial charge on any atom is 0.220 e. The van der Waals surface area contributed by atoms with Gasteiger partial charge in [0.25, 0.3) is 0 Å². The predicted molar refractivity (Wildman–Crippen MR) is 87.4 cm³/mol. The molecule has 1 heterocycles. The lowest BCUT2D eigenvalue weighted by Gasteiger charge is -2.25. The van der Waals surface area contributed by atoms with Crippen LogP contribution in [0.2, 0.25) is 0 Å². The summed E-state index contributed by atoms with van der Waals surface area (Å²) in [5.74, 6) is 1.21. The summed E-state index contributed by atoms with van der Waals surface area (Å²) in [5, 5.41) is 3.19. The van der Waals surface area contributed by atoms with Crippen molar-refractivity contribution in [1.29, 1.82) is 0 Å². The molecule has 0 fully saturated rings. The number of benzene rings is 2. The third-order valence-corrected chi connectivity index (χ3v) is 4.90. The van der Waals surface area contributed by atoms with Crippen molar-refractivity contribution in [3.05, 3.63) is 65.7 Å². The first-order valence-corrected chi connectivity index (χ1v) is 8.36. The Labute approximate surface area is 130 Å². The molecule has 0 saturated heterocycles. The maximum absolute atomic E-state index is 12.2. The molecule has 0 unspecified atom stereocenters. The lowest BCUT2D eigenvalue weighted by atomic mass is 10.0. The third kappa shape index (κ3) is 3.67. The van der Waals surface area contributed by atoms with Crippen LogP contribution >= 0.6 is 11.8 Å². The van der Waals surface area contributed by atoms with E-state index in [9.17, 15) is 4.79 Å². The van der Waals surface area contributed by atoms with Crippen LogP contribution in [0.1, 0.15) is 30.0 Å². The number of fused-ring (bicyclic) bond motifs is 1. The molecular formula is C18H19NOS. The number of hydrogen-bond donors (Lipinski definition) is 1. The minimum absolute atomic E-state index is 0.144. The lowest BCUT2D eigenvalue weighted by molar-refractivity contribution is -0.121. The molecule has 0 spiro atoms. The van der Waals surface area contributed by atoms with Crippen LogP contribution in [0, 0.1) is 0 Å². The van der Waals surface area contributed by atoms with Gasteiger partial charge in [-0.25, -0.2) is 0 Å². The van der Waals surface area contributed by atoms with Crippen molar-refractivity contribution < 1.29 is 4.79 Å². The number of hydrogen-bond acceptors (Lipinski definition) is 2. The molecule has 108 valence electrons. The molecule has 2 aromatic carbocycles. The number of aryl methyl sites for hydroxylation is 1. The Morgan fingerprint density at radius 1 is 1.10 bits per heavy atom. The predicted octanol–water partition coefficient (Wildman–Crippen LogP) is 3.97. The highest BCUT2D eigenvalue weighted by molar-refractivity contribution is 7.99. The molecule has 0 radical (unpaired) electrons. The van der Waals surface area contributed by atoms with Crippen molar-refractivity contribution in [3.8, 4) is 0 Å². The fraction of sp³-hybridized carbons (Fsp3) is 0.278. The highest BCUT2D eigenvalue weighted by Crippen LogP contribution is 2.35. The van der Waals surface area contributed by atoms with Crippen LogP contribution in [-0.4, -0.2) is 11.7 Å². The third-order valence-electron chi connectivity index (χ3n) is 3.78. The summed E-state index contributed by atoms with van der Waals surface area (Å²) in [5.41, 5.74) is 2.48. The minimum atomic E-state index is 0.144. The molecule has 2 nitrogen and oxygen atoms in total. The average molecular weight is 297 g/mol. The second-order valence-corrected chi connectivity index (χ2v) is 6.42. The number of carbonyl (C=O) groups excluding carboxylic acids is 1. The summed E-state index contributed by atoms with van der Waals surface area (Å²) in [6.45, 7) is 0. The van der Waals surface area contributed by atoms with Gasteiger partial charge in [-0.15, -0.1) is 11.8 Å². The van der Waals surface area contributed by atoms with Gasteiger partial charge in [0.05, 0.1) is 6.04 Å². The van der Waals surface area contributed by atoms with E-state index in [0.29, 0.717) is 6.42 Å². The van der Waals surface area contributed by atoms with Gasteiger partial charge in [-0.3, -0.25) is 4.79 Å². The van der Waals surface area contributed by atoms with Crippen LogP contribution < -0.4 is 5.32 Å². The van der Waals surface area contributed by atoms with Gasteiger partial charge in [0.15, 0.2) is 0 Å². The largest absolute Gasteiger partial charge is 0.349 e. The Bertz CT molecular complexity index is 612. The molecule has 0 saturated carbocycles. The summed E-state index contributed by atoms with van der Waals surface area (Å²) in [7, 11) is 0. The van der Waals surface area contributed by atoms with Gasteiger partial charge in [-0.05, 0) is 30.0 Å². The summed E-state index contributed by atoms with van der Waals surface area (Å²) in [4.78, 5) is 13.5. The Morgan fingerprint density at radius 2 is 1.86 bits per heavy atom. The first kappa shape index (κ1) is 14.2. The number of carbonyl (C=O) groups is 1. The molecule has 0 aliphatic carbocycles. The van der Waals surface area contributed by atoms with Crippen molar-refractivity contribution in [3.63, 3.8) is 0 Å². The zero-order valence-electron chi connectivity index (χ0n) is 11.9. The van der Waals surface area contributed by atoms with Gasteiger partial charge >= 0.3 is 0 Å². The number of nitrogens with one attached hydrogen (secondary N) is 1. The van der Waals surface area contributed by atoms with Crippen molar-refractivity contribution in [2.24, 2.45) is 0 Å². The molecular weight excluding hydrogens is 278 g/mol. The van der Waals surface area contributed by atoms with E-state index >= 15 is 0 Å². The average Bonchev–Trinajstić information content (AvgIpc) is 2.54.